The van der Waals surface area contributed by atoms with Crippen molar-refractivity contribution in [2.75, 3.05) is 0 Å². The van der Waals surface area contributed by atoms with Crippen LogP contribution in [-0.2, 0) is 4.79 Å². The number of fused-ring (bicyclic) bond motifs is 1. The molecule has 0 aromatic heterocycles. The zero-order valence-corrected chi connectivity index (χ0v) is 7.19. The van der Waals surface area contributed by atoms with Crippen LogP contribution < -0.4 is 5.32 Å². The SMILES string of the molecule is O=C1NC=CC2C1CC2(Cl)Cl. The van der Waals surface area contributed by atoms with Crippen molar-refractivity contribution < 1.29 is 4.79 Å². The summed E-state index contributed by atoms with van der Waals surface area (Å²) in [5.41, 5.74) is 0. The van der Waals surface area contributed by atoms with Gasteiger partial charge in [0.2, 0.25) is 5.91 Å². The molecule has 60 valence electrons. The summed E-state index contributed by atoms with van der Waals surface area (Å²) in [5, 5.41) is 2.61. The Kier molecular flexibility index (Phi) is 1.45. The molecule has 2 nitrogen and oxygen atoms in total. The quantitative estimate of drug-likeness (QED) is 0.578. The number of nitrogens with one attached hydrogen (secondary N) is 1. The van der Waals surface area contributed by atoms with Crippen LogP contribution in [0, 0.1) is 11.8 Å². The maximum Gasteiger partial charge on any atom is 0.227 e. The lowest BCUT2D eigenvalue weighted by Crippen LogP contribution is -2.53. The summed E-state index contributed by atoms with van der Waals surface area (Å²) in [6.07, 6.45) is 4.04. The Bertz CT molecular complexity index is 237. The zero-order valence-electron chi connectivity index (χ0n) is 5.68. The first-order valence-electron chi connectivity index (χ1n) is 3.46. The summed E-state index contributed by atoms with van der Waals surface area (Å²) in [5.74, 6) is 0.0454. The molecule has 0 bridgehead atoms. The van der Waals surface area contributed by atoms with Gasteiger partial charge in [-0.1, -0.05) is 6.08 Å². The molecule has 1 aliphatic carbocycles. The molecule has 2 unspecified atom stereocenters. The van der Waals surface area contributed by atoms with E-state index in [4.69, 9.17) is 23.2 Å². The van der Waals surface area contributed by atoms with Crippen LogP contribution in [0.2, 0.25) is 0 Å². The highest BCUT2D eigenvalue weighted by molar-refractivity contribution is 6.49. The Morgan fingerprint density at radius 2 is 2.36 bits per heavy atom. The van der Waals surface area contributed by atoms with E-state index in [0.717, 1.165) is 0 Å². The van der Waals surface area contributed by atoms with Crippen molar-refractivity contribution >= 4 is 29.1 Å². The van der Waals surface area contributed by atoms with E-state index in [1.165, 1.54) is 0 Å². The number of hydrogen-bond acceptors (Lipinski definition) is 1. The lowest BCUT2D eigenvalue weighted by atomic mass is 9.71. The number of alkyl halides is 2. The zero-order chi connectivity index (χ0) is 8.06. The van der Waals surface area contributed by atoms with Gasteiger partial charge in [0.25, 0.3) is 0 Å². The lowest BCUT2D eigenvalue weighted by molar-refractivity contribution is -0.129. The minimum absolute atomic E-state index is 0.00463. The van der Waals surface area contributed by atoms with Crippen LogP contribution in [0.3, 0.4) is 0 Å². The van der Waals surface area contributed by atoms with E-state index in [2.05, 4.69) is 5.32 Å². The van der Waals surface area contributed by atoms with Crippen LogP contribution in [0.15, 0.2) is 12.3 Å². The fourth-order valence-electron chi connectivity index (χ4n) is 1.56. The van der Waals surface area contributed by atoms with Crippen molar-refractivity contribution in [1.29, 1.82) is 0 Å². The van der Waals surface area contributed by atoms with Gasteiger partial charge in [0.1, 0.15) is 4.33 Å². The second kappa shape index (κ2) is 2.14. The molecule has 0 aromatic carbocycles. The summed E-state index contributed by atoms with van der Waals surface area (Å²) in [6.45, 7) is 0. The van der Waals surface area contributed by atoms with Crippen molar-refractivity contribution in [2.24, 2.45) is 11.8 Å². The summed E-state index contributed by atoms with van der Waals surface area (Å²) >= 11 is 11.8. The average molecular weight is 192 g/mol. The number of carbonyl (C=O) groups is 1. The topological polar surface area (TPSA) is 29.1 Å². The van der Waals surface area contributed by atoms with Gasteiger partial charge in [-0.15, -0.1) is 23.2 Å². The van der Waals surface area contributed by atoms with Gasteiger partial charge in [0, 0.05) is 12.1 Å². The summed E-state index contributed by atoms with van der Waals surface area (Å²) in [6, 6.07) is 0. The second-order valence-electron chi connectivity index (χ2n) is 2.97. The summed E-state index contributed by atoms with van der Waals surface area (Å²) in [7, 11) is 0. The molecule has 1 saturated carbocycles. The van der Waals surface area contributed by atoms with Crippen LogP contribution in [0.25, 0.3) is 0 Å². The van der Waals surface area contributed by atoms with Crippen LogP contribution in [-0.4, -0.2) is 10.2 Å². The van der Waals surface area contributed by atoms with Gasteiger partial charge >= 0.3 is 0 Å². The fraction of sp³-hybridized carbons (Fsp3) is 0.571. The smallest absolute Gasteiger partial charge is 0.227 e. The van der Waals surface area contributed by atoms with Crippen LogP contribution >= 0.6 is 23.2 Å². The van der Waals surface area contributed by atoms with E-state index >= 15 is 0 Å². The van der Waals surface area contributed by atoms with Crippen molar-refractivity contribution in [3.05, 3.63) is 12.3 Å². The average Bonchev–Trinajstić information content (AvgIpc) is 1.92. The highest BCUT2D eigenvalue weighted by atomic mass is 35.5. The third kappa shape index (κ3) is 0.967. The number of rotatable bonds is 0. The van der Waals surface area contributed by atoms with Gasteiger partial charge in [0.15, 0.2) is 0 Å². The molecule has 0 aromatic rings. The van der Waals surface area contributed by atoms with Gasteiger partial charge in [-0.25, -0.2) is 0 Å². The first kappa shape index (κ1) is 7.44. The van der Waals surface area contributed by atoms with Gasteiger partial charge in [0.05, 0.1) is 5.92 Å². The highest BCUT2D eigenvalue weighted by Crippen LogP contribution is 2.53. The molecule has 0 spiro atoms. The molecule has 1 fully saturated rings. The fourth-order valence-corrected chi connectivity index (χ4v) is 2.34. The molecule has 1 aliphatic heterocycles. The normalized spacial score (nSPS) is 38.9. The monoisotopic (exact) mass is 191 g/mol. The number of carbonyl (C=O) groups excluding carboxylic acids is 1. The van der Waals surface area contributed by atoms with Crippen LogP contribution in [0.4, 0.5) is 0 Å². The van der Waals surface area contributed by atoms with Crippen LogP contribution in [0.1, 0.15) is 6.42 Å². The Balaban J connectivity index is 2.22. The van der Waals surface area contributed by atoms with E-state index in [1.54, 1.807) is 6.20 Å². The van der Waals surface area contributed by atoms with E-state index in [0.29, 0.717) is 6.42 Å². The third-order valence-electron chi connectivity index (χ3n) is 2.28. The Hall–Kier alpha value is -0.210. The molecule has 1 heterocycles. The van der Waals surface area contributed by atoms with Crippen molar-refractivity contribution in [3.8, 4) is 0 Å². The van der Waals surface area contributed by atoms with E-state index in [9.17, 15) is 4.79 Å². The maximum atomic E-state index is 11.1. The second-order valence-corrected chi connectivity index (χ2v) is 4.51. The molecule has 2 atom stereocenters. The molecule has 11 heavy (non-hydrogen) atoms. The Labute approximate surface area is 74.5 Å². The summed E-state index contributed by atoms with van der Waals surface area (Å²) < 4.78 is -0.709. The Morgan fingerprint density at radius 1 is 1.64 bits per heavy atom. The van der Waals surface area contributed by atoms with Gasteiger partial charge in [-0.05, 0) is 6.42 Å². The number of halogens is 2. The minimum Gasteiger partial charge on any atom is -0.333 e. The molecule has 2 aliphatic rings. The molecule has 1 N–H and O–H groups in total. The Morgan fingerprint density at radius 3 is 2.91 bits per heavy atom. The molecule has 0 radical (unpaired) electrons. The maximum absolute atomic E-state index is 11.1. The third-order valence-corrected chi connectivity index (χ3v) is 3.09. The largest absolute Gasteiger partial charge is 0.333 e. The molecule has 4 heteroatoms. The molecular formula is C7H7Cl2NO. The van der Waals surface area contributed by atoms with Crippen molar-refractivity contribution in [2.45, 2.75) is 10.8 Å². The molecule has 1 amide bonds. The standard InChI is InChI=1S/C7H7Cl2NO/c8-7(9)3-4-5(7)1-2-10-6(4)11/h1-2,4-5H,3H2,(H,10,11). The van der Waals surface area contributed by atoms with Crippen molar-refractivity contribution in [1.82, 2.24) is 5.32 Å². The van der Waals surface area contributed by atoms with Gasteiger partial charge < -0.3 is 5.32 Å². The number of allylic oxidation sites excluding steroid dienone is 1. The van der Waals surface area contributed by atoms with E-state index in [1.807, 2.05) is 6.08 Å². The van der Waals surface area contributed by atoms with E-state index < -0.39 is 4.33 Å². The highest BCUT2D eigenvalue weighted by Gasteiger charge is 2.54. The molecular weight excluding hydrogens is 185 g/mol. The minimum atomic E-state index is -0.709. The van der Waals surface area contributed by atoms with Gasteiger partial charge in [-0.3, -0.25) is 4.79 Å². The molecule has 0 saturated heterocycles. The number of amides is 1. The first-order valence-corrected chi connectivity index (χ1v) is 4.22. The lowest BCUT2D eigenvalue weighted by Gasteiger charge is -2.46. The van der Waals surface area contributed by atoms with E-state index in [-0.39, 0.29) is 17.7 Å². The molecule has 2 rings (SSSR count). The van der Waals surface area contributed by atoms with Gasteiger partial charge in [-0.2, -0.15) is 0 Å². The number of hydrogen-bond donors (Lipinski definition) is 1. The van der Waals surface area contributed by atoms with Crippen molar-refractivity contribution in [3.63, 3.8) is 0 Å². The first-order chi connectivity index (χ1) is 5.11. The summed E-state index contributed by atoms with van der Waals surface area (Å²) in [4.78, 5) is 11.1. The predicted molar refractivity (Wildman–Crippen MR) is 43.3 cm³/mol. The predicted octanol–water partition coefficient (Wildman–Crippen LogP) is 1.44. The van der Waals surface area contributed by atoms with Crippen LogP contribution in [0.5, 0.6) is 0 Å².